The zero-order valence-corrected chi connectivity index (χ0v) is 9.65. The summed E-state index contributed by atoms with van der Waals surface area (Å²) in [4.78, 5) is 10.5. The molecule has 0 bridgehead atoms. The molecule has 2 rings (SSSR count). The Hall–Kier alpha value is -3.30. The van der Waals surface area contributed by atoms with Crippen molar-refractivity contribution in [3.63, 3.8) is 0 Å². The Bertz CT molecular complexity index is 724. The third-order valence-electron chi connectivity index (χ3n) is 2.38. The predicted molar refractivity (Wildman–Crippen MR) is 69.8 cm³/mol. The number of aromatic nitrogens is 2. The molecular formula is C11H8N8. The normalized spacial score (nSPS) is 9.42. The van der Waals surface area contributed by atoms with Gasteiger partial charge in [-0.05, 0) is 5.53 Å². The molecule has 1 aromatic heterocycles. The topological polar surface area (TPSA) is 150 Å². The molecule has 0 unspecified atom stereocenters. The van der Waals surface area contributed by atoms with E-state index in [-0.39, 0.29) is 23.0 Å². The molecule has 19 heavy (non-hydrogen) atoms. The van der Waals surface area contributed by atoms with Crippen LogP contribution in [0, 0.1) is 11.3 Å². The van der Waals surface area contributed by atoms with Gasteiger partial charge in [0.1, 0.15) is 17.5 Å². The number of hydrogen-bond donors (Lipinski definition) is 2. The molecule has 0 radical (unpaired) electrons. The first-order valence-electron chi connectivity index (χ1n) is 5.15. The van der Waals surface area contributed by atoms with Gasteiger partial charge in [-0.15, -0.1) is 0 Å². The van der Waals surface area contributed by atoms with Crippen molar-refractivity contribution in [1.82, 2.24) is 9.97 Å². The Balaban J connectivity index is 2.79. The molecule has 8 nitrogen and oxygen atoms in total. The van der Waals surface area contributed by atoms with Crippen molar-refractivity contribution in [3.05, 3.63) is 40.3 Å². The van der Waals surface area contributed by atoms with Gasteiger partial charge in [-0.3, -0.25) is 0 Å². The van der Waals surface area contributed by atoms with E-state index < -0.39 is 0 Å². The second-order valence-corrected chi connectivity index (χ2v) is 3.51. The maximum Gasteiger partial charge on any atom is 0.222 e. The standard InChI is InChI=1S/C11H8N8/c12-5-7-9(16-11(14)17-10(7)13)6-3-1-2-4-8(6)18-19-15/h1-4H,(H4,13,14,16,17). The highest BCUT2D eigenvalue weighted by Gasteiger charge is 2.15. The average Bonchev–Trinajstić information content (AvgIpc) is 2.39. The van der Waals surface area contributed by atoms with Crippen LogP contribution in [0.4, 0.5) is 17.5 Å². The lowest BCUT2D eigenvalue weighted by atomic mass is 10.1. The van der Waals surface area contributed by atoms with Crippen molar-refractivity contribution < 1.29 is 0 Å². The molecule has 0 fully saturated rings. The zero-order valence-electron chi connectivity index (χ0n) is 9.65. The highest BCUT2D eigenvalue weighted by molar-refractivity contribution is 5.80. The van der Waals surface area contributed by atoms with Crippen LogP contribution in [-0.4, -0.2) is 9.97 Å². The quantitative estimate of drug-likeness (QED) is 0.476. The van der Waals surface area contributed by atoms with E-state index >= 15 is 0 Å². The molecule has 0 aliphatic heterocycles. The van der Waals surface area contributed by atoms with E-state index in [0.29, 0.717) is 11.3 Å². The number of azide groups is 1. The lowest BCUT2D eigenvalue weighted by Crippen LogP contribution is -2.04. The molecule has 0 atom stereocenters. The fraction of sp³-hybridized carbons (Fsp3) is 0. The Labute approximate surface area is 107 Å². The van der Waals surface area contributed by atoms with Gasteiger partial charge in [0.15, 0.2) is 0 Å². The van der Waals surface area contributed by atoms with Crippen molar-refractivity contribution in [1.29, 1.82) is 5.26 Å². The summed E-state index contributed by atoms with van der Waals surface area (Å²) < 4.78 is 0. The van der Waals surface area contributed by atoms with Gasteiger partial charge < -0.3 is 11.5 Å². The minimum absolute atomic E-state index is 0.0132. The Morgan fingerprint density at radius 1 is 1.26 bits per heavy atom. The van der Waals surface area contributed by atoms with Gasteiger partial charge >= 0.3 is 0 Å². The van der Waals surface area contributed by atoms with Gasteiger partial charge in [-0.25, -0.2) is 4.98 Å². The van der Waals surface area contributed by atoms with Gasteiger partial charge in [0, 0.05) is 16.2 Å². The lowest BCUT2D eigenvalue weighted by molar-refractivity contribution is 1.18. The number of anilines is 2. The van der Waals surface area contributed by atoms with Crippen LogP contribution < -0.4 is 11.5 Å². The van der Waals surface area contributed by atoms with E-state index in [1.807, 2.05) is 6.07 Å². The molecule has 0 saturated heterocycles. The molecule has 0 saturated carbocycles. The van der Waals surface area contributed by atoms with E-state index in [0.717, 1.165) is 0 Å². The van der Waals surface area contributed by atoms with Crippen molar-refractivity contribution >= 4 is 17.5 Å². The fourth-order valence-electron chi connectivity index (χ4n) is 1.61. The summed E-state index contributed by atoms with van der Waals surface area (Å²) in [5.41, 5.74) is 20.8. The molecule has 0 spiro atoms. The average molecular weight is 252 g/mol. The molecule has 2 aromatic rings. The monoisotopic (exact) mass is 252 g/mol. The summed E-state index contributed by atoms with van der Waals surface area (Å²) in [6, 6.07) is 8.60. The highest BCUT2D eigenvalue weighted by atomic mass is 15.1. The second kappa shape index (κ2) is 4.91. The van der Waals surface area contributed by atoms with Crippen molar-refractivity contribution in [3.8, 4) is 17.3 Å². The second-order valence-electron chi connectivity index (χ2n) is 3.51. The lowest BCUT2D eigenvalue weighted by Gasteiger charge is -2.08. The summed E-state index contributed by atoms with van der Waals surface area (Å²) in [5.74, 6) is -0.0667. The van der Waals surface area contributed by atoms with Crippen LogP contribution in [0.3, 0.4) is 0 Å². The summed E-state index contributed by atoms with van der Waals surface area (Å²) in [6.45, 7) is 0. The van der Waals surface area contributed by atoms with Gasteiger partial charge in [-0.2, -0.15) is 10.2 Å². The summed E-state index contributed by atoms with van der Waals surface area (Å²) >= 11 is 0. The number of benzene rings is 1. The van der Waals surface area contributed by atoms with Crippen LogP contribution in [-0.2, 0) is 0 Å². The molecule has 8 heteroatoms. The molecule has 0 amide bonds. The molecule has 0 aliphatic rings. The van der Waals surface area contributed by atoms with Gasteiger partial charge in [0.25, 0.3) is 0 Å². The van der Waals surface area contributed by atoms with Crippen molar-refractivity contribution in [2.24, 2.45) is 5.11 Å². The molecule has 4 N–H and O–H groups in total. The Kier molecular flexibility index (Phi) is 3.14. The van der Waals surface area contributed by atoms with Crippen LogP contribution in [0.2, 0.25) is 0 Å². The van der Waals surface area contributed by atoms with Crippen LogP contribution >= 0.6 is 0 Å². The summed E-state index contributed by atoms with van der Waals surface area (Å²) in [6.07, 6.45) is 0. The number of hydrogen-bond acceptors (Lipinski definition) is 6. The summed E-state index contributed by atoms with van der Waals surface area (Å²) in [5, 5.41) is 12.7. The Morgan fingerprint density at radius 3 is 2.68 bits per heavy atom. The van der Waals surface area contributed by atoms with Gasteiger partial charge in [0.2, 0.25) is 5.95 Å². The minimum Gasteiger partial charge on any atom is -0.382 e. The van der Waals surface area contributed by atoms with Crippen molar-refractivity contribution in [2.75, 3.05) is 11.5 Å². The number of nitrogens with two attached hydrogens (primary N) is 2. The maximum atomic E-state index is 9.12. The number of nitrogens with zero attached hydrogens (tertiary/aromatic N) is 6. The molecule has 92 valence electrons. The number of rotatable bonds is 2. The number of nitriles is 1. The van der Waals surface area contributed by atoms with E-state index in [1.54, 1.807) is 24.3 Å². The van der Waals surface area contributed by atoms with Crippen LogP contribution in [0.1, 0.15) is 5.56 Å². The van der Waals surface area contributed by atoms with Gasteiger partial charge in [-0.1, -0.05) is 29.4 Å². The molecule has 1 aromatic carbocycles. The predicted octanol–water partition coefficient (Wildman–Crippen LogP) is 2.12. The largest absolute Gasteiger partial charge is 0.382 e. The maximum absolute atomic E-state index is 9.12. The number of nitrogen functional groups attached to an aromatic ring is 2. The molecule has 1 heterocycles. The fourth-order valence-corrected chi connectivity index (χ4v) is 1.61. The SMILES string of the molecule is N#Cc1c(N)nc(N)nc1-c1ccccc1N=[N+]=[N-]. The van der Waals surface area contributed by atoms with Crippen LogP contribution in [0.15, 0.2) is 29.4 Å². The third kappa shape index (κ3) is 2.22. The van der Waals surface area contributed by atoms with Crippen LogP contribution in [0.25, 0.3) is 21.7 Å². The molecular weight excluding hydrogens is 244 g/mol. The highest BCUT2D eigenvalue weighted by Crippen LogP contribution is 2.32. The summed E-state index contributed by atoms with van der Waals surface area (Å²) in [7, 11) is 0. The minimum atomic E-state index is -0.0535. The van der Waals surface area contributed by atoms with E-state index in [1.165, 1.54) is 0 Å². The third-order valence-corrected chi connectivity index (χ3v) is 2.38. The first-order valence-corrected chi connectivity index (χ1v) is 5.15. The van der Waals surface area contributed by atoms with Crippen LogP contribution in [0.5, 0.6) is 0 Å². The van der Waals surface area contributed by atoms with E-state index in [9.17, 15) is 0 Å². The first kappa shape index (κ1) is 12.2. The van der Waals surface area contributed by atoms with Gasteiger partial charge in [0.05, 0.1) is 5.69 Å². The molecule has 0 aliphatic carbocycles. The van der Waals surface area contributed by atoms with Crippen molar-refractivity contribution in [2.45, 2.75) is 0 Å². The zero-order chi connectivity index (χ0) is 13.8. The first-order chi connectivity index (χ1) is 9.17. The van der Waals surface area contributed by atoms with E-state index in [4.69, 9.17) is 22.3 Å². The Morgan fingerprint density at radius 2 is 2.00 bits per heavy atom. The smallest absolute Gasteiger partial charge is 0.222 e. The van der Waals surface area contributed by atoms with E-state index in [2.05, 4.69) is 20.0 Å².